The SMILES string of the molecule is Cn1/c(=N/c2ccccn2)cc([O-])[n+]2ccccc12. The van der Waals surface area contributed by atoms with Crippen molar-refractivity contribution in [3.8, 4) is 5.88 Å². The highest BCUT2D eigenvalue weighted by Gasteiger charge is 2.06. The molecule has 0 aliphatic rings. The summed E-state index contributed by atoms with van der Waals surface area (Å²) in [5, 5.41) is 12.0. The third-order valence-corrected chi connectivity index (χ3v) is 2.89. The molecule has 0 radical (unpaired) electrons. The van der Waals surface area contributed by atoms with E-state index in [2.05, 4.69) is 9.98 Å². The zero-order valence-electron chi connectivity index (χ0n) is 10.4. The molecule has 0 bridgehead atoms. The Labute approximate surface area is 109 Å². The number of fused-ring (bicyclic) bond motifs is 1. The number of hydrogen-bond acceptors (Lipinski definition) is 3. The molecule has 0 aliphatic carbocycles. The van der Waals surface area contributed by atoms with Crippen molar-refractivity contribution in [3.05, 3.63) is 60.3 Å². The van der Waals surface area contributed by atoms with Crippen LogP contribution in [0.25, 0.3) is 5.65 Å². The van der Waals surface area contributed by atoms with Crippen LogP contribution in [-0.2, 0) is 7.05 Å². The Morgan fingerprint density at radius 2 is 2.05 bits per heavy atom. The van der Waals surface area contributed by atoms with Gasteiger partial charge < -0.3 is 5.11 Å². The molecule has 0 N–H and O–H groups in total. The lowest BCUT2D eigenvalue weighted by atomic mass is 10.4. The normalized spacial score (nSPS) is 11.9. The van der Waals surface area contributed by atoms with Crippen LogP contribution in [0.3, 0.4) is 0 Å². The molecule has 0 aromatic carbocycles. The summed E-state index contributed by atoms with van der Waals surface area (Å²) in [4.78, 5) is 8.53. The summed E-state index contributed by atoms with van der Waals surface area (Å²) in [6.07, 6.45) is 3.41. The summed E-state index contributed by atoms with van der Waals surface area (Å²) < 4.78 is 3.44. The summed E-state index contributed by atoms with van der Waals surface area (Å²) in [6, 6.07) is 12.6. The van der Waals surface area contributed by atoms with Gasteiger partial charge in [0.25, 0.3) is 5.65 Å². The Morgan fingerprint density at radius 1 is 1.21 bits per heavy atom. The van der Waals surface area contributed by atoms with Crippen LogP contribution in [0, 0.1) is 0 Å². The Kier molecular flexibility index (Phi) is 2.72. The first-order chi connectivity index (χ1) is 9.25. The van der Waals surface area contributed by atoms with Crippen LogP contribution in [0.4, 0.5) is 5.82 Å². The average molecular weight is 252 g/mol. The second-order valence-electron chi connectivity index (χ2n) is 4.13. The van der Waals surface area contributed by atoms with Crippen molar-refractivity contribution in [2.45, 2.75) is 0 Å². The van der Waals surface area contributed by atoms with Gasteiger partial charge in [0.05, 0.1) is 19.1 Å². The molecule has 0 atom stereocenters. The van der Waals surface area contributed by atoms with Crippen LogP contribution in [0.5, 0.6) is 5.88 Å². The summed E-state index contributed by atoms with van der Waals surface area (Å²) >= 11 is 0. The van der Waals surface area contributed by atoms with Crippen LogP contribution < -0.4 is 15.0 Å². The standard InChI is InChI=1S/C14H12N4O/c1-17-12(16-11-6-2-4-8-15-11)10-14(19)18-9-5-3-7-13(17)18/h2-10H,1H3. The van der Waals surface area contributed by atoms with E-state index >= 15 is 0 Å². The van der Waals surface area contributed by atoms with E-state index in [4.69, 9.17) is 0 Å². The largest absolute Gasteiger partial charge is 0.842 e. The highest BCUT2D eigenvalue weighted by Crippen LogP contribution is 2.04. The highest BCUT2D eigenvalue weighted by atomic mass is 16.3. The number of nitrogens with zero attached hydrogens (tertiary/aromatic N) is 4. The number of hydrogen-bond donors (Lipinski definition) is 0. The molecule has 3 rings (SSSR count). The first-order valence-corrected chi connectivity index (χ1v) is 5.89. The Morgan fingerprint density at radius 3 is 2.84 bits per heavy atom. The molecule has 3 aromatic heterocycles. The van der Waals surface area contributed by atoms with Gasteiger partial charge in [0, 0.05) is 18.3 Å². The average Bonchev–Trinajstić information content (AvgIpc) is 2.46. The molecule has 0 aliphatic heterocycles. The van der Waals surface area contributed by atoms with Gasteiger partial charge in [-0.15, -0.1) is 0 Å². The van der Waals surface area contributed by atoms with E-state index in [-0.39, 0.29) is 5.88 Å². The lowest BCUT2D eigenvalue weighted by Crippen LogP contribution is -2.35. The summed E-state index contributed by atoms with van der Waals surface area (Å²) in [5.74, 6) is 0.473. The topological polar surface area (TPSA) is 57.3 Å². The van der Waals surface area contributed by atoms with E-state index in [0.29, 0.717) is 11.3 Å². The van der Waals surface area contributed by atoms with Gasteiger partial charge in [-0.25, -0.2) is 14.0 Å². The number of pyridine rings is 2. The monoisotopic (exact) mass is 252 g/mol. The lowest BCUT2D eigenvalue weighted by Gasteiger charge is -2.07. The fraction of sp³-hybridized carbons (Fsp3) is 0.0714. The smallest absolute Gasteiger partial charge is 0.286 e. The van der Waals surface area contributed by atoms with Crippen molar-refractivity contribution in [3.63, 3.8) is 0 Å². The van der Waals surface area contributed by atoms with E-state index in [1.165, 1.54) is 6.07 Å². The molecule has 3 heterocycles. The van der Waals surface area contributed by atoms with Crippen molar-refractivity contribution < 1.29 is 9.51 Å². The van der Waals surface area contributed by atoms with E-state index in [0.717, 1.165) is 5.65 Å². The Balaban J connectivity index is 2.31. The molecule has 0 spiro atoms. The second kappa shape index (κ2) is 4.53. The zero-order chi connectivity index (χ0) is 13.2. The van der Waals surface area contributed by atoms with E-state index in [1.807, 2.05) is 41.9 Å². The molecule has 5 heteroatoms. The highest BCUT2D eigenvalue weighted by molar-refractivity contribution is 5.32. The summed E-state index contributed by atoms with van der Waals surface area (Å²) in [5.41, 5.74) is 1.36. The third-order valence-electron chi connectivity index (χ3n) is 2.89. The minimum atomic E-state index is -0.108. The predicted molar refractivity (Wildman–Crippen MR) is 67.5 cm³/mol. The van der Waals surface area contributed by atoms with Crippen LogP contribution in [0.1, 0.15) is 0 Å². The first-order valence-electron chi connectivity index (χ1n) is 5.89. The predicted octanol–water partition coefficient (Wildman–Crippen LogP) is 0.465. The van der Waals surface area contributed by atoms with Gasteiger partial charge in [0.2, 0.25) is 5.49 Å². The van der Waals surface area contributed by atoms with Gasteiger partial charge in [-0.1, -0.05) is 12.1 Å². The Bertz CT molecular complexity index is 793. The molecule has 3 aromatic rings. The van der Waals surface area contributed by atoms with E-state index in [1.54, 1.807) is 22.9 Å². The number of aryl methyl sites for hydroxylation is 1. The fourth-order valence-corrected chi connectivity index (χ4v) is 1.93. The Hall–Kier alpha value is -2.69. The third kappa shape index (κ3) is 2.06. The van der Waals surface area contributed by atoms with E-state index < -0.39 is 0 Å². The molecule has 0 saturated heterocycles. The minimum Gasteiger partial charge on any atom is -0.842 e. The lowest BCUT2D eigenvalue weighted by molar-refractivity contribution is -0.588. The second-order valence-corrected chi connectivity index (χ2v) is 4.13. The molecule has 94 valence electrons. The number of rotatable bonds is 1. The van der Waals surface area contributed by atoms with Gasteiger partial charge in [-0.2, -0.15) is 4.99 Å². The van der Waals surface area contributed by atoms with Gasteiger partial charge in [-0.3, -0.25) is 0 Å². The van der Waals surface area contributed by atoms with E-state index in [9.17, 15) is 5.11 Å². The molecule has 5 nitrogen and oxygen atoms in total. The maximum Gasteiger partial charge on any atom is 0.286 e. The van der Waals surface area contributed by atoms with Crippen molar-refractivity contribution in [1.82, 2.24) is 9.55 Å². The maximum atomic E-state index is 12.0. The maximum absolute atomic E-state index is 12.0. The van der Waals surface area contributed by atoms with Crippen LogP contribution in [0.15, 0.2) is 59.9 Å². The molecular weight excluding hydrogens is 240 g/mol. The molecule has 0 fully saturated rings. The van der Waals surface area contributed by atoms with Crippen LogP contribution >= 0.6 is 0 Å². The van der Waals surface area contributed by atoms with Crippen LogP contribution in [-0.4, -0.2) is 9.55 Å². The van der Waals surface area contributed by atoms with Crippen molar-refractivity contribution in [1.29, 1.82) is 0 Å². The quantitative estimate of drug-likeness (QED) is 0.591. The van der Waals surface area contributed by atoms with Crippen molar-refractivity contribution in [2.75, 3.05) is 0 Å². The number of aromatic nitrogens is 3. The van der Waals surface area contributed by atoms with Crippen molar-refractivity contribution >= 4 is 11.5 Å². The summed E-state index contributed by atoms with van der Waals surface area (Å²) in [6.45, 7) is 0. The van der Waals surface area contributed by atoms with Gasteiger partial charge in [0.15, 0.2) is 5.82 Å². The zero-order valence-corrected chi connectivity index (χ0v) is 10.4. The van der Waals surface area contributed by atoms with Crippen LogP contribution in [0.2, 0.25) is 0 Å². The molecule has 0 amide bonds. The molecule has 0 saturated carbocycles. The summed E-state index contributed by atoms with van der Waals surface area (Å²) in [7, 11) is 1.87. The molecule has 19 heavy (non-hydrogen) atoms. The molecular formula is C14H12N4O. The van der Waals surface area contributed by atoms with Gasteiger partial charge in [0.1, 0.15) is 0 Å². The van der Waals surface area contributed by atoms with Crippen molar-refractivity contribution in [2.24, 2.45) is 12.0 Å². The van der Waals surface area contributed by atoms with Gasteiger partial charge in [-0.05, 0) is 18.2 Å². The fourth-order valence-electron chi connectivity index (χ4n) is 1.93. The molecule has 0 unspecified atom stereocenters. The first kappa shape index (κ1) is 11.4. The van der Waals surface area contributed by atoms with Gasteiger partial charge >= 0.3 is 0 Å². The minimum absolute atomic E-state index is 0.108.